The number of benzene rings is 4. The topological polar surface area (TPSA) is 76.7 Å². The maximum Gasteiger partial charge on any atom is 0.255 e. The normalized spacial score (nSPS) is 10.9. The highest BCUT2D eigenvalue weighted by atomic mass is 16.5. The van der Waals surface area contributed by atoms with Crippen molar-refractivity contribution in [2.75, 3.05) is 23.8 Å². The molecule has 2 N–H and O–H groups in total. The molecule has 194 valence electrons. The Morgan fingerprint density at radius 2 is 1.00 bits per heavy atom. The zero-order valence-corrected chi connectivity index (χ0v) is 21.9. The Morgan fingerprint density at radius 1 is 0.579 bits per heavy atom. The number of amides is 2. The molecule has 0 fully saturated rings. The molecule has 2 amide bonds. The van der Waals surface area contributed by atoms with Crippen molar-refractivity contribution >= 4 is 23.2 Å². The van der Waals surface area contributed by atoms with Crippen LogP contribution in [0.2, 0.25) is 0 Å². The fourth-order valence-electron chi connectivity index (χ4n) is 3.70. The first-order valence-electron chi connectivity index (χ1n) is 12.5. The molecule has 4 rings (SSSR count). The molecule has 4 aromatic carbocycles. The van der Waals surface area contributed by atoms with Crippen molar-refractivity contribution in [3.05, 3.63) is 120 Å². The molecule has 0 saturated heterocycles. The van der Waals surface area contributed by atoms with Gasteiger partial charge in [-0.1, -0.05) is 51.1 Å². The molecule has 0 spiro atoms. The van der Waals surface area contributed by atoms with Gasteiger partial charge in [-0.15, -0.1) is 0 Å². The van der Waals surface area contributed by atoms with E-state index in [1.165, 1.54) is 5.56 Å². The predicted octanol–water partition coefficient (Wildman–Crippen LogP) is 6.95. The van der Waals surface area contributed by atoms with Crippen LogP contribution in [0.1, 0.15) is 47.1 Å². The molecule has 0 aliphatic heterocycles. The summed E-state index contributed by atoms with van der Waals surface area (Å²) >= 11 is 0. The van der Waals surface area contributed by atoms with Crippen LogP contribution in [0.15, 0.2) is 103 Å². The van der Waals surface area contributed by atoms with Crippen LogP contribution in [0, 0.1) is 0 Å². The van der Waals surface area contributed by atoms with E-state index < -0.39 is 0 Å². The van der Waals surface area contributed by atoms with Gasteiger partial charge in [0.2, 0.25) is 0 Å². The summed E-state index contributed by atoms with van der Waals surface area (Å²) in [7, 11) is 0. The second-order valence-corrected chi connectivity index (χ2v) is 9.85. The molecule has 6 nitrogen and oxygen atoms in total. The Bertz CT molecular complexity index is 1340. The molecule has 4 aromatic rings. The van der Waals surface area contributed by atoms with Gasteiger partial charge in [-0.2, -0.15) is 0 Å². The fraction of sp³-hybridized carbons (Fsp3) is 0.188. The molecule has 0 bridgehead atoms. The number of anilines is 2. The number of ether oxygens (including phenoxy) is 2. The third-order valence-corrected chi connectivity index (χ3v) is 5.89. The number of hydrogen-bond acceptors (Lipinski definition) is 4. The van der Waals surface area contributed by atoms with Crippen LogP contribution in [0.4, 0.5) is 11.4 Å². The van der Waals surface area contributed by atoms with E-state index in [0.29, 0.717) is 41.5 Å². The summed E-state index contributed by atoms with van der Waals surface area (Å²) < 4.78 is 11.3. The quantitative estimate of drug-likeness (QED) is 0.240. The summed E-state index contributed by atoms with van der Waals surface area (Å²) in [6.07, 6.45) is 0. The first-order valence-corrected chi connectivity index (χ1v) is 12.5. The van der Waals surface area contributed by atoms with Gasteiger partial charge in [-0.3, -0.25) is 9.59 Å². The van der Waals surface area contributed by atoms with Gasteiger partial charge in [0.15, 0.2) is 0 Å². The molecular weight excluding hydrogens is 476 g/mol. The van der Waals surface area contributed by atoms with E-state index in [1.807, 2.05) is 54.6 Å². The predicted molar refractivity (Wildman–Crippen MR) is 151 cm³/mol. The van der Waals surface area contributed by atoms with Gasteiger partial charge in [0.25, 0.3) is 11.8 Å². The van der Waals surface area contributed by atoms with Crippen LogP contribution >= 0.6 is 0 Å². The summed E-state index contributed by atoms with van der Waals surface area (Å²) in [4.78, 5) is 25.2. The average Bonchev–Trinajstić information content (AvgIpc) is 2.92. The molecule has 0 heterocycles. The third-order valence-electron chi connectivity index (χ3n) is 5.89. The lowest BCUT2D eigenvalue weighted by atomic mass is 9.87. The van der Waals surface area contributed by atoms with Crippen LogP contribution in [0.3, 0.4) is 0 Å². The number of hydrogen-bond donors (Lipinski definition) is 2. The molecule has 38 heavy (non-hydrogen) atoms. The Morgan fingerprint density at radius 3 is 1.45 bits per heavy atom. The molecule has 0 aliphatic rings. The molecule has 0 aromatic heterocycles. The number of carbonyl (C=O) groups excluding carboxylic acids is 2. The minimum atomic E-state index is -0.236. The first-order chi connectivity index (χ1) is 18.3. The summed E-state index contributed by atoms with van der Waals surface area (Å²) in [6.45, 7) is 7.22. The second kappa shape index (κ2) is 12.1. The van der Waals surface area contributed by atoms with E-state index >= 15 is 0 Å². The minimum absolute atomic E-state index is 0.0309. The highest BCUT2D eigenvalue weighted by Crippen LogP contribution is 2.23. The summed E-state index contributed by atoms with van der Waals surface area (Å²) in [6, 6.07) is 31.1. The van der Waals surface area contributed by atoms with Gasteiger partial charge >= 0.3 is 0 Å². The van der Waals surface area contributed by atoms with E-state index in [0.717, 1.165) is 5.75 Å². The summed E-state index contributed by atoms with van der Waals surface area (Å²) in [5.41, 5.74) is 3.57. The Labute approximate surface area is 223 Å². The van der Waals surface area contributed by atoms with Gasteiger partial charge in [0.05, 0.1) is 0 Å². The van der Waals surface area contributed by atoms with Gasteiger partial charge in [0.1, 0.15) is 24.7 Å². The molecular formula is C32H32N2O4. The van der Waals surface area contributed by atoms with E-state index in [2.05, 4.69) is 31.4 Å². The highest BCUT2D eigenvalue weighted by molar-refractivity contribution is 6.05. The van der Waals surface area contributed by atoms with Crippen LogP contribution in [0.25, 0.3) is 0 Å². The van der Waals surface area contributed by atoms with Gasteiger partial charge in [-0.25, -0.2) is 0 Å². The van der Waals surface area contributed by atoms with Gasteiger partial charge < -0.3 is 20.1 Å². The average molecular weight is 509 g/mol. The van der Waals surface area contributed by atoms with E-state index in [-0.39, 0.29) is 17.2 Å². The third kappa shape index (κ3) is 7.46. The van der Waals surface area contributed by atoms with E-state index in [4.69, 9.17) is 9.47 Å². The number of para-hydroxylation sites is 1. The zero-order valence-electron chi connectivity index (χ0n) is 21.9. The van der Waals surface area contributed by atoms with Crippen LogP contribution in [0.5, 0.6) is 11.5 Å². The highest BCUT2D eigenvalue weighted by Gasteiger charge is 2.14. The smallest absolute Gasteiger partial charge is 0.255 e. The lowest BCUT2D eigenvalue weighted by Gasteiger charge is -2.19. The monoisotopic (exact) mass is 508 g/mol. The van der Waals surface area contributed by atoms with Crippen molar-refractivity contribution in [1.82, 2.24) is 0 Å². The number of nitrogens with one attached hydrogen (secondary N) is 2. The van der Waals surface area contributed by atoms with Crippen molar-refractivity contribution in [2.45, 2.75) is 26.2 Å². The maximum absolute atomic E-state index is 12.6. The van der Waals surface area contributed by atoms with Crippen molar-refractivity contribution in [2.24, 2.45) is 0 Å². The standard InChI is InChI=1S/C32H32N2O4/c1-32(2,3)25-13-9-23(10-14-25)30(35)33-26-15-17-27(18-16-26)34-31(36)24-11-19-29(20-12-24)38-22-21-37-28-7-5-4-6-8-28/h4-20H,21-22H2,1-3H3,(H,33,35)(H,34,36). The fourth-order valence-corrected chi connectivity index (χ4v) is 3.70. The molecule has 0 radical (unpaired) electrons. The van der Waals surface area contributed by atoms with Crippen molar-refractivity contribution in [3.8, 4) is 11.5 Å². The van der Waals surface area contributed by atoms with Crippen LogP contribution in [-0.4, -0.2) is 25.0 Å². The second-order valence-electron chi connectivity index (χ2n) is 9.85. The first kappa shape index (κ1) is 26.5. The minimum Gasteiger partial charge on any atom is -0.490 e. The largest absolute Gasteiger partial charge is 0.490 e. The summed E-state index contributed by atoms with van der Waals surface area (Å²) in [5, 5.41) is 5.76. The Hall–Kier alpha value is -4.58. The van der Waals surface area contributed by atoms with Crippen molar-refractivity contribution < 1.29 is 19.1 Å². The molecule has 0 aliphatic carbocycles. The molecule has 0 atom stereocenters. The maximum atomic E-state index is 12.6. The molecule has 6 heteroatoms. The van der Waals surface area contributed by atoms with Crippen molar-refractivity contribution in [1.29, 1.82) is 0 Å². The SMILES string of the molecule is CC(C)(C)c1ccc(C(=O)Nc2ccc(NC(=O)c3ccc(OCCOc4ccccc4)cc3)cc2)cc1. The van der Waals surface area contributed by atoms with Gasteiger partial charge in [0, 0.05) is 22.5 Å². The number of carbonyl (C=O) groups is 2. The Balaban J connectivity index is 1.24. The summed E-state index contributed by atoms with van der Waals surface area (Å²) in [5.74, 6) is 1.03. The van der Waals surface area contributed by atoms with Gasteiger partial charge in [-0.05, 0) is 83.8 Å². The van der Waals surface area contributed by atoms with Crippen LogP contribution < -0.4 is 20.1 Å². The van der Waals surface area contributed by atoms with E-state index in [1.54, 1.807) is 48.5 Å². The van der Waals surface area contributed by atoms with Crippen molar-refractivity contribution in [3.63, 3.8) is 0 Å². The zero-order chi connectivity index (χ0) is 27.0. The van der Waals surface area contributed by atoms with Crippen LogP contribution in [-0.2, 0) is 5.41 Å². The lowest BCUT2D eigenvalue weighted by molar-refractivity contribution is 0.101. The molecule has 0 saturated carbocycles. The van der Waals surface area contributed by atoms with E-state index in [9.17, 15) is 9.59 Å². The Kier molecular flexibility index (Phi) is 8.44. The number of rotatable bonds is 9. The lowest BCUT2D eigenvalue weighted by Crippen LogP contribution is -2.14. The molecule has 0 unspecified atom stereocenters.